The molecule has 0 bridgehead atoms. The van der Waals surface area contributed by atoms with Gasteiger partial charge in [-0.25, -0.2) is 19.5 Å². The highest BCUT2D eigenvalue weighted by atomic mass is 35.5. The maximum Gasteiger partial charge on any atom is 0.422 e. The van der Waals surface area contributed by atoms with Crippen LogP contribution in [0.2, 0.25) is 10.0 Å². The third kappa shape index (κ3) is 5.34. The zero-order valence-corrected chi connectivity index (χ0v) is 21.1. The zero-order valence-electron chi connectivity index (χ0n) is 19.6. The number of aromatic nitrogens is 1. The monoisotopic (exact) mass is 506 g/mol. The first-order valence-electron chi connectivity index (χ1n) is 10.3. The van der Waals surface area contributed by atoms with E-state index in [1.54, 1.807) is 32.9 Å². The Bertz CT molecular complexity index is 1200. The van der Waals surface area contributed by atoms with Gasteiger partial charge < -0.3 is 14.2 Å². The summed E-state index contributed by atoms with van der Waals surface area (Å²) in [7, 11) is 1.25. The molecule has 0 saturated heterocycles. The number of methoxy groups -OCH3 is 1. The summed E-state index contributed by atoms with van der Waals surface area (Å²) in [5.41, 5.74) is -0.956. The van der Waals surface area contributed by atoms with E-state index in [9.17, 15) is 14.4 Å². The van der Waals surface area contributed by atoms with Crippen LogP contribution in [0.5, 0.6) is 5.88 Å². The van der Waals surface area contributed by atoms with E-state index in [-0.39, 0.29) is 22.2 Å². The number of ether oxygens (including phenoxy) is 3. The molecule has 2 amide bonds. The van der Waals surface area contributed by atoms with Gasteiger partial charge in [-0.2, -0.15) is 0 Å². The number of carbonyl (C=O) groups excluding carboxylic acids is 3. The fraction of sp³-hybridized carbons (Fsp3) is 0.333. The molecule has 8 nitrogen and oxygen atoms in total. The predicted octanol–water partition coefficient (Wildman–Crippen LogP) is 5.54. The highest BCUT2D eigenvalue weighted by molar-refractivity contribution is 6.42. The molecule has 0 aliphatic carbocycles. The van der Waals surface area contributed by atoms with Crippen molar-refractivity contribution in [3.63, 3.8) is 0 Å². The number of pyridine rings is 1. The molecule has 1 aromatic heterocycles. The van der Waals surface area contributed by atoms with Gasteiger partial charge in [0.25, 0.3) is 5.91 Å². The summed E-state index contributed by atoms with van der Waals surface area (Å²) in [4.78, 5) is 43.5. The number of rotatable bonds is 4. The van der Waals surface area contributed by atoms with Crippen molar-refractivity contribution >= 4 is 58.5 Å². The second-order valence-corrected chi connectivity index (χ2v) is 9.87. The minimum absolute atomic E-state index is 0.0475. The topological polar surface area (TPSA) is 95.0 Å². The third-order valence-corrected chi connectivity index (χ3v) is 5.12. The van der Waals surface area contributed by atoms with Crippen molar-refractivity contribution in [2.45, 2.75) is 45.8 Å². The summed E-state index contributed by atoms with van der Waals surface area (Å²) in [6, 6.07) is 6.27. The molecule has 1 aliphatic rings. The van der Waals surface area contributed by atoms with Crippen molar-refractivity contribution < 1.29 is 28.6 Å². The molecule has 3 rings (SSSR count). The van der Waals surface area contributed by atoms with Gasteiger partial charge in [0.2, 0.25) is 11.5 Å². The normalized spacial score (nSPS) is 14.8. The molecule has 34 heavy (non-hydrogen) atoms. The minimum Gasteiger partial charge on any atom is -0.466 e. The van der Waals surface area contributed by atoms with Gasteiger partial charge in [-0.1, -0.05) is 29.3 Å². The second-order valence-electron chi connectivity index (χ2n) is 8.99. The number of anilines is 1. The Labute approximate surface area is 207 Å². The molecule has 0 fully saturated rings. The molecule has 1 aliphatic heterocycles. The predicted molar refractivity (Wildman–Crippen MR) is 129 cm³/mol. The van der Waals surface area contributed by atoms with Gasteiger partial charge >= 0.3 is 12.1 Å². The lowest BCUT2D eigenvalue weighted by molar-refractivity contribution is -0.156. The average molecular weight is 507 g/mol. The highest BCUT2D eigenvalue weighted by Crippen LogP contribution is 2.41. The minimum atomic E-state index is -1.36. The number of benzene rings is 1. The van der Waals surface area contributed by atoms with Gasteiger partial charge in [0.15, 0.2) is 0 Å². The van der Waals surface area contributed by atoms with Crippen LogP contribution in [0.25, 0.3) is 11.6 Å². The van der Waals surface area contributed by atoms with Gasteiger partial charge in [0, 0.05) is 22.3 Å². The molecule has 180 valence electrons. The lowest BCUT2D eigenvalue weighted by atomic mass is 10.0. The molecule has 10 heteroatoms. The number of amides is 2. The largest absolute Gasteiger partial charge is 0.466 e. The van der Waals surface area contributed by atoms with E-state index in [4.69, 9.17) is 37.4 Å². The van der Waals surface area contributed by atoms with Crippen molar-refractivity contribution in [3.8, 4) is 5.88 Å². The summed E-state index contributed by atoms with van der Waals surface area (Å²) in [5, 5.41) is 0.621. The first-order chi connectivity index (χ1) is 15.7. The number of fused-ring (bicyclic) bond motifs is 1. The number of halogens is 2. The molecule has 0 spiro atoms. The molecule has 1 aromatic carbocycles. The van der Waals surface area contributed by atoms with Crippen LogP contribution in [0.1, 0.15) is 45.7 Å². The third-order valence-electron chi connectivity index (χ3n) is 4.67. The first kappa shape index (κ1) is 25.5. The van der Waals surface area contributed by atoms with Crippen molar-refractivity contribution in [2.75, 3.05) is 12.0 Å². The average Bonchev–Trinajstić information content (AvgIpc) is 2.98. The molecule has 2 aromatic rings. The standard InChI is InChI=1S/C24H24Cl2N2O6/c1-23(2,3)34-22(31)28-18-11-14(25)7-8-16(18)17(20(28)29)10-13-9-15(26)12-27-19(13)33-24(4,5)21(30)32-6/h7-12H,1-6H3. The summed E-state index contributed by atoms with van der Waals surface area (Å²) >= 11 is 12.3. The molecule has 0 N–H and O–H groups in total. The maximum atomic E-state index is 13.4. The summed E-state index contributed by atoms with van der Waals surface area (Å²) in [6.07, 6.45) is 2.00. The first-order valence-corrected chi connectivity index (χ1v) is 11.0. The summed E-state index contributed by atoms with van der Waals surface area (Å²) < 4.78 is 16.0. The smallest absolute Gasteiger partial charge is 0.422 e. The van der Waals surface area contributed by atoms with Crippen LogP contribution in [0, 0.1) is 0 Å². The van der Waals surface area contributed by atoms with Crippen LogP contribution >= 0.6 is 23.2 Å². The van der Waals surface area contributed by atoms with Gasteiger partial charge in [-0.15, -0.1) is 0 Å². The zero-order chi connectivity index (χ0) is 25.4. The Balaban J connectivity index is 2.12. The van der Waals surface area contributed by atoms with Crippen LogP contribution in [0.3, 0.4) is 0 Å². The fourth-order valence-corrected chi connectivity index (χ4v) is 3.54. The van der Waals surface area contributed by atoms with E-state index in [1.807, 2.05) is 0 Å². The van der Waals surface area contributed by atoms with Crippen molar-refractivity contribution in [1.82, 2.24) is 4.98 Å². The van der Waals surface area contributed by atoms with E-state index in [2.05, 4.69) is 4.98 Å². The Morgan fingerprint density at radius 2 is 1.74 bits per heavy atom. The van der Waals surface area contributed by atoms with E-state index < -0.39 is 29.2 Å². The molecule has 0 unspecified atom stereocenters. The Hall–Kier alpha value is -3.10. The molecular formula is C24H24Cl2N2O6. The molecule has 0 radical (unpaired) electrons. The molecule has 2 heterocycles. The van der Waals surface area contributed by atoms with Crippen LogP contribution < -0.4 is 9.64 Å². The molecule has 0 saturated carbocycles. The molecular weight excluding hydrogens is 483 g/mol. The Kier molecular flexibility index (Phi) is 6.96. The van der Waals surface area contributed by atoms with Gasteiger partial charge in [-0.3, -0.25) is 4.79 Å². The van der Waals surface area contributed by atoms with E-state index in [0.717, 1.165) is 4.90 Å². The van der Waals surface area contributed by atoms with Crippen LogP contribution in [-0.4, -0.2) is 41.3 Å². The van der Waals surface area contributed by atoms with Gasteiger partial charge in [0.05, 0.1) is 23.4 Å². The van der Waals surface area contributed by atoms with Crippen LogP contribution in [-0.2, 0) is 19.1 Å². The van der Waals surface area contributed by atoms with Crippen LogP contribution in [0.4, 0.5) is 10.5 Å². The Morgan fingerprint density at radius 3 is 2.35 bits per heavy atom. The number of hydrogen-bond acceptors (Lipinski definition) is 7. The van der Waals surface area contributed by atoms with Gasteiger partial charge in [0.1, 0.15) is 5.60 Å². The van der Waals surface area contributed by atoms with Crippen molar-refractivity contribution in [3.05, 3.63) is 51.6 Å². The SMILES string of the molecule is COC(=O)C(C)(C)Oc1ncc(Cl)cc1C=C1C(=O)N(C(=O)OC(C)(C)C)c2cc(Cl)ccc21. The lowest BCUT2D eigenvalue weighted by Gasteiger charge is -2.24. The number of carbonyl (C=O) groups is 3. The van der Waals surface area contributed by atoms with Crippen molar-refractivity contribution in [1.29, 1.82) is 0 Å². The van der Waals surface area contributed by atoms with Gasteiger partial charge in [-0.05, 0) is 58.9 Å². The van der Waals surface area contributed by atoms with E-state index >= 15 is 0 Å². The van der Waals surface area contributed by atoms with Crippen molar-refractivity contribution in [2.24, 2.45) is 0 Å². The number of imide groups is 1. The van der Waals surface area contributed by atoms with E-state index in [0.29, 0.717) is 16.1 Å². The lowest BCUT2D eigenvalue weighted by Crippen LogP contribution is -2.39. The Morgan fingerprint density at radius 1 is 1.06 bits per heavy atom. The number of hydrogen-bond donors (Lipinski definition) is 0. The summed E-state index contributed by atoms with van der Waals surface area (Å²) in [5.74, 6) is -1.19. The van der Waals surface area contributed by atoms with E-state index in [1.165, 1.54) is 45.4 Å². The van der Waals surface area contributed by atoms with Crippen LogP contribution in [0.15, 0.2) is 30.5 Å². The maximum absolute atomic E-state index is 13.4. The number of nitrogens with zero attached hydrogens (tertiary/aromatic N) is 2. The second kappa shape index (κ2) is 9.27. The molecule has 0 atom stereocenters. The fourth-order valence-electron chi connectivity index (χ4n) is 3.21. The number of esters is 1. The highest BCUT2D eigenvalue weighted by Gasteiger charge is 2.40. The summed E-state index contributed by atoms with van der Waals surface area (Å²) in [6.45, 7) is 8.14. The quantitative estimate of drug-likeness (QED) is 0.396.